The zero-order chi connectivity index (χ0) is 22.4. The number of amides is 2. The Morgan fingerprint density at radius 1 is 1.19 bits per heavy atom. The first-order valence-electron chi connectivity index (χ1n) is 10.5. The number of fused-ring (bicyclic) bond motifs is 1. The van der Waals surface area contributed by atoms with Crippen molar-refractivity contribution in [3.8, 4) is 5.88 Å². The molecule has 0 unspecified atom stereocenters. The number of nitrogens with one attached hydrogen (secondary N) is 1. The second-order valence-electron chi connectivity index (χ2n) is 7.28. The highest BCUT2D eigenvalue weighted by molar-refractivity contribution is 5.90. The van der Waals surface area contributed by atoms with Crippen LogP contribution in [0.25, 0.3) is 0 Å². The van der Waals surface area contributed by atoms with Crippen LogP contribution < -0.4 is 15.0 Å². The van der Waals surface area contributed by atoms with Crippen LogP contribution in [0.4, 0.5) is 15.3 Å². The number of benzene rings is 1. The molecular weight excluding hydrogens is 398 g/mol. The minimum atomic E-state index is -0.545. The van der Waals surface area contributed by atoms with E-state index in [4.69, 9.17) is 14.2 Å². The third kappa shape index (κ3) is 5.07. The Kier molecular flexibility index (Phi) is 7.33. The van der Waals surface area contributed by atoms with Crippen LogP contribution in [-0.4, -0.2) is 36.9 Å². The Balaban J connectivity index is 1.85. The van der Waals surface area contributed by atoms with Crippen LogP contribution in [0.5, 0.6) is 5.88 Å². The lowest BCUT2D eigenvalue weighted by atomic mass is 9.93. The monoisotopic (exact) mass is 427 g/mol. The number of alkyl carbamates (subject to hydrolysis) is 1. The van der Waals surface area contributed by atoms with E-state index in [1.54, 1.807) is 24.0 Å². The molecule has 2 amide bonds. The molecule has 0 saturated heterocycles. The van der Waals surface area contributed by atoms with Crippen molar-refractivity contribution < 1.29 is 23.8 Å². The van der Waals surface area contributed by atoms with Gasteiger partial charge >= 0.3 is 12.2 Å². The average Bonchev–Trinajstić information content (AvgIpc) is 2.79. The standard InChI is InChI=1S/C23H29N3O5/c1-5-17-14-18(24-22(27)31-15(3)16-10-8-7-9-11-16)21-19(12-13-20(25-21)29-4)26(17)23(28)30-6-2/h7-13,15,17-18H,5-6,14H2,1-4H3,(H,24,27)/t15-,17+,18-/m0/s1. The van der Waals surface area contributed by atoms with Crippen LogP contribution in [0.1, 0.15) is 57.0 Å². The summed E-state index contributed by atoms with van der Waals surface area (Å²) in [5.41, 5.74) is 2.04. The van der Waals surface area contributed by atoms with E-state index in [-0.39, 0.29) is 12.6 Å². The number of hydrogen-bond donors (Lipinski definition) is 1. The van der Waals surface area contributed by atoms with Crippen LogP contribution in [0.3, 0.4) is 0 Å². The minimum absolute atomic E-state index is 0.154. The van der Waals surface area contributed by atoms with E-state index >= 15 is 0 Å². The van der Waals surface area contributed by atoms with Gasteiger partial charge in [0.2, 0.25) is 5.88 Å². The fraction of sp³-hybridized carbons (Fsp3) is 0.435. The predicted molar refractivity (Wildman–Crippen MR) is 116 cm³/mol. The van der Waals surface area contributed by atoms with E-state index in [0.29, 0.717) is 30.1 Å². The number of carbonyl (C=O) groups is 2. The first-order chi connectivity index (χ1) is 15.0. The van der Waals surface area contributed by atoms with Crippen LogP contribution in [-0.2, 0) is 9.47 Å². The summed E-state index contributed by atoms with van der Waals surface area (Å²) in [5, 5.41) is 2.92. The highest BCUT2D eigenvalue weighted by Crippen LogP contribution is 2.38. The Hall–Kier alpha value is -3.29. The summed E-state index contributed by atoms with van der Waals surface area (Å²) in [5.74, 6) is 0.398. The van der Waals surface area contributed by atoms with Gasteiger partial charge in [0.25, 0.3) is 0 Å². The van der Waals surface area contributed by atoms with Crippen LogP contribution in [0.15, 0.2) is 42.5 Å². The zero-order valence-corrected chi connectivity index (χ0v) is 18.3. The number of aromatic nitrogens is 1. The molecule has 1 aliphatic rings. The van der Waals surface area contributed by atoms with Crippen molar-refractivity contribution in [2.45, 2.75) is 51.8 Å². The third-order valence-corrected chi connectivity index (χ3v) is 5.33. The summed E-state index contributed by atoms with van der Waals surface area (Å²) in [4.78, 5) is 31.5. The van der Waals surface area contributed by atoms with Gasteiger partial charge in [-0.05, 0) is 38.3 Å². The van der Waals surface area contributed by atoms with Crippen molar-refractivity contribution in [3.63, 3.8) is 0 Å². The quantitative estimate of drug-likeness (QED) is 0.715. The van der Waals surface area contributed by atoms with Crippen LogP contribution in [0.2, 0.25) is 0 Å². The molecule has 3 rings (SSSR count). The maximum absolute atomic E-state index is 12.7. The minimum Gasteiger partial charge on any atom is -0.481 e. The Morgan fingerprint density at radius 2 is 1.94 bits per heavy atom. The third-order valence-electron chi connectivity index (χ3n) is 5.33. The normalized spacial score (nSPS) is 18.5. The maximum Gasteiger partial charge on any atom is 0.414 e. The van der Waals surface area contributed by atoms with Gasteiger partial charge in [-0.1, -0.05) is 37.3 Å². The second-order valence-corrected chi connectivity index (χ2v) is 7.28. The lowest BCUT2D eigenvalue weighted by Crippen LogP contribution is -2.48. The topological polar surface area (TPSA) is 90.0 Å². The largest absolute Gasteiger partial charge is 0.481 e. The molecule has 166 valence electrons. The number of ether oxygens (including phenoxy) is 3. The lowest BCUT2D eigenvalue weighted by molar-refractivity contribution is 0.102. The molecule has 2 aromatic rings. The van der Waals surface area contributed by atoms with Crippen molar-refractivity contribution >= 4 is 17.9 Å². The summed E-state index contributed by atoms with van der Waals surface area (Å²) >= 11 is 0. The molecule has 0 radical (unpaired) electrons. The van der Waals surface area contributed by atoms with E-state index in [9.17, 15) is 9.59 Å². The molecule has 0 saturated carbocycles. The number of carbonyl (C=O) groups excluding carboxylic acids is 2. The van der Waals surface area contributed by atoms with Gasteiger partial charge in [0, 0.05) is 12.1 Å². The zero-order valence-electron chi connectivity index (χ0n) is 18.3. The summed E-state index contributed by atoms with van der Waals surface area (Å²) < 4.78 is 16.1. The van der Waals surface area contributed by atoms with Gasteiger partial charge in [0.05, 0.1) is 31.1 Å². The Bertz CT molecular complexity index is 905. The van der Waals surface area contributed by atoms with Gasteiger partial charge in [0.15, 0.2) is 0 Å². The van der Waals surface area contributed by atoms with Gasteiger partial charge in [-0.25, -0.2) is 14.6 Å². The van der Waals surface area contributed by atoms with Crippen LogP contribution in [0, 0.1) is 0 Å². The number of anilines is 1. The molecule has 2 heterocycles. The Morgan fingerprint density at radius 3 is 2.58 bits per heavy atom. The van der Waals surface area contributed by atoms with Crippen molar-refractivity contribution in [1.29, 1.82) is 0 Å². The van der Waals surface area contributed by atoms with E-state index in [0.717, 1.165) is 5.56 Å². The van der Waals surface area contributed by atoms with Crippen molar-refractivity contribution in [1.82, 2.24) is 10.3 Å². The molecule has 8 nitrogen and oxygen atoms in total. The molecule has 1 aliphatic heterocycles. The number of hydrogen-bond acceptors (Lipinski definition) is 6. The fourth-order valence-corrected chi connectivity index (χ4v) is 3.75. The first kappa shape index (κ1) is 22.4. The van der Waals surface area contributed by atoms with Gasteiger partial charge in [-0.15, -0.1) is 0 Å². The molecule has 1 aromatic carbocycles. The summed E-state index contributed by atoms with van der Waals surface area (Å²) in [6, 6.07) is 12.4. The maximum atomic E-state index is 12.7. The fourth-order valence-electron chi connectivity index (χ4n) is 3.75. The number of methoxy groups -OCH3 is 1. The molecule has 0 fully saturated rings. The molecule has 0 aliphatic carbocycles. The van der Waals surface area contributed by atoms with Crippen molar-refractivity contribution in [2.75, 3.05) is 18.6 Å². The Labute approximate surface area is 182 Å². The second kappa shape index (κ2) is 10.1. The summed E-state index contributed by atoms with van der Waals surface area (Å²) in [7, 11) is 1.52. The van der Waals surface area contributed by atoms with E-state index in [2.05, 4.69) is 10.3 Å². The van der Waals surface area contributed by atoms with Gasteiger partial charge in [-0.2, -0.15) is 0 Å². The van der Waals surface area contributed by atoms with Gasteiger partial charge in [0.1, 0.15) is 6.10 Å². The molecule has 3 atom stereocenters. The van der Waals surface area contributed by atoms with Crippen molar-refractivity contribution in [3.05, 3.63) is 53.7 Å². The molecule has 8 heteroatoms. The highest BCUT2D eigenvalue weighted by atomic mass is 16.6. The van der Waals surface area contributed by atoms with Gasteiger partial charge < -0.3 is 19.5 Å². The van der Waals surface area contributed by atoms with Gasteiger partial charge in [-0.3, -0.25) is 4.90 Å². The van der Waals surface area contributed by atoms with E-state index < -0.39 is 24.3 Å². The van der Waals surface area contributed by atoms with Crippen molar-refractivity contribution in [2.24, 2.45) is 0 Å². The summed E-state index contributed by atoms with van der Waals surface area (Å²) in [6.07, 6.45) is -0.201. The summed E-state index contributed by atoms with van der Waals surface area (Å²) in [6.45, 7) is 5.86. The average molecular weight is 428 g/mol. The number of rotatable bonds is 6. The highest BCUT2D eigenvalue weighted by Gasteiger charge is 2.38. The number of pyridine rings is 1. The smallest absolute Gasteiger partial charge is 0.414 e. The number of nitrogens with zero attached hydrogens (tertiary/aromatic N) is 2. The van der Waals surface area contributed by atoms with Crippen LogP contribution >= 0.6 is 0 Å². The molecule has 0 bridgehead atoms. The van der Waals surface area contributed by atoms with E-state index in [1.165, 1.54) is 7.11 Å². The molecule has 1 aromatic heterocycles. The lowest BCUT2D eigenvalue weighted by Gasteiger charge is -2.39. The molecule has 0 spiro atoms. The molecular formula is C23H29N3O5. The first-order valence-corrected chi connectivity index (χ1v) is 10.5. The SMILES string of the molecule is CCOC(=O)N1c2ccc(OC)nc2[C@@H](NC(=O)O[C@@H](C)c2ccccc2)C[C@H]1CC. The van der Waals surface area contributed by atoms with E-state index in [1.807, 2.05) is 44.2 Å². The predicted octanol–water partition coefficient (Wildman–Crippen LogP) is 4.76. The molecule has 1 N–H and O–H groups in total. The molecule has 31 heavy (non-hydrogen) atoms.